The van der Waals surface area contributed by atoms with Gasteiger partial charge in [-0.15, -0.1) is 0 Å². The van der Waals surface area contributed by atoms with Crippen LogP contribution < -0.4 is 20.6 Å². The number of nitrogens with zero attached hydrogens (tertiary/aromatic N) is 1. The number of aryl methyl sites for hydroxylation is 1. The Hall–Kier alpha value is -3.80. The van der Waals surface area contributed by atoms with E-state index in [2.05, 4.69) is 10.5 Å². The third-order valence-electron chi connectivity index (χ3n) is 4.29. The summed E-state index contributed by atoms with van der Waals surface area (Å²) in [6.45, 7) is 2.49. The lowest BCUT2D eigenvalue weighted by atomic mass is 10.1. The highest BCUT2D eigenvalue weighted by Gasteiger charge is 2.08. The minimum Gasteiger partial charge on any atom is -0.493 e. The number of hydrogen-bond donors (Lipinski definition) is 2. The summed E-state index contributed by atoms with van der Waals surface area (Å²) in [5.74, 6) is 0.843. The van der Waals surface area contributed by atoms with Gasteiger partial charge in [-0.25, -0.2) is 5.43 Å². The molecule has 0 atom stereocenters. The van der Waals surface area contributed by atoms with Crippen LogP contribution in [-0.4, -0.2) is 19.2 Å². The fourth-order valence-corrected chi connectivity index (χ4v) is 2.66. The van der Waals surface area contributed by atoms with Crippen molar-refractivity contribution in [1.82, 2.24) is 5.43 Å². The number of carbonyl (C=O) groups excluding carboxylic acids is 1. The minimum atomic E-state index is -0.371. The number of benzene rings is 3. The molecule has 0 aliphatic rings. The van der Waals surface area contributed by atoms with E-state index in [1.807, 2.05) is 43.3 Å². The number of nitrogens with one attached hydrogen (secondary N) is 1. The Balaban J connectivity index is 1.63. The second-order valence-corrected chi connectivity index (χ2v) is 6.47. The highest BCUT2D eigenvalue weighted by atomic mass is 16.5. The number of nitrogens with two attached hydrogens (primary N) is 1. The summed E-state index contributed by atoms with van der Waals surface area (Å²) in [5.41, 5.74) is 12.1. The van der Waals surface area contributed by atoms with Crippen LogP contribution in [0.15, 0.2) is 71.8 Å². The first-order valence-electron chi connectivity index (χ1n) is 9.11. The average Bonchev–Trinajstić information content (AvgIpc) is 2.74. The molecule has 0 aliphatic carbocycles. The molecule has 0 spiro atoms. The molecule has 0 heterocycles. The quantitative estimate of drug-likeness (QED) is 0.364. The van der Waals surface area contributed by atoms with Crippen LogP contribution in [0.2, 0.25) is 0 Å². The van der Waals surface area contributed by atoms with Crippen molar-refractivity contribution in [3.05, 3.63) is 89.0 Å². The second-order valence-electron chi connectivity index (χ2n) is 6.47. The van der Waals surface area contributed by atoms with Gasteiger partial charge in [-0.1, -0.05) is 42.0 Å². The molecule has 3 aromatic rings. The van der Waals surface area contributed by atoms with Gasteiger partial charge in [0.05, 0.1) is 18.9 Å². The van der Waals surface area contributed by atoms with E-state index in [9.17, 15) is 4.79 Å². The third kappa shape index (κ3) is 5.35. The van der Waals surface area contributed by atoms with Crippen molar-refractivity contribution in [3.63, 3.8) is 0 Å². The van der Waals surface area contributed by atoms with E-state index in [4.69, 9.17) is 15.2 Å². The summed E-state index contributed by atoms with van der Waals surface area (Å²) in [6.07, 6.45) is 1.53. The highest BCUT2D eigenvalue weighted by molar-refractivity contribution is 5.99. The third-order valence-corrected chi connectivity index (χ3v) is 4.29. The average molecular weight is 389 g/mol. The Bertz CT molecular complexity index is 1010. The van der Waals surface area contributed by atoms with Gasteiger partial charge in [0.1, 0.15) is 6.61 Å². The van der Waals surface area contributed by atoms with E-state index in [0.717, 1.165) is 11.1 Å². The van der Waals surface area contributed by atoms with Gasteiger partial charge in [0.2, 0.25) is 0 Å². The van der Waals surface area contributed by atoms with E-state index < -0.39 is 0 Å². The first-order valence-corrected chi connectivity index (χ1v) is 9.11. The van der Waals surface area contributed by atoms with Crippen LogP contribution in [0.5, 0.6) is 11.5 Å². The van der Waals surface area contributed by atoms with E-state index in [-0.39, 0.29) is 5.91 Å². The Kier molecular flexibility index (Phi) is 6.47. The first-order chi connectivity index (χ1) is 14.1. The standard InChI is InChI=1S/C23H23N3O3/c1-16-7-9-17(10-8-16)15-29-21-12-11-18(13-22(21)28-2)14-25-26-23(27)19-5-3-4-6-20(19)24/h3-14H,15,24H2,1-2H3,(H,26,27)/b25-14+. The minimum absolute atomic E-state index is 0.371. The monoisotopic (exact) mass is 389 g/mol. The molecule has 29 heavy (non-hydrogen) atoms. The molecule has 0 fully saturated rings. The van der Waals surface area contributed by atoms with Crippen LogP contribution in [0.1, 0.15) is 27.0 Å². The molecule has 0 radical (unpaired) electrons. The molecular formula is C23H23N3O3. The number of rotatable bonds is 7. The number of carbonyl (C=O) groups is 1. The van der Waals surface area contributed by atoms with Crippen molar-refractivity contribution >= 4 is 17.8 Å². The largest absolute Gasteiger partial charge is 0.493 e. The number of para-hydroxylation sites is 1. The molecule has 148 valence electrons. The molecule has 6 heteroatoms. The van der Waals surface area contributed by atoms with Crippen LogP contribution in [0.25, 0.3) is 0 Å². The van der Waals surface area contributed by atoms with E-state index in [1.54, 1.807) is 37.4 Å². The number of methoxy groups -OCH3 is 1. The zero-order chi connectivity index (χ0) is 20.6. The highest BCUT2D eigenvalue weighted by Crippen LogP contribution is 2.28. The van der Waals surface area contributed by atoms with Gasteiger partial charge in [-0.05, 0) is 48.4 Å². The first kappa shape index (κ1) is 19.9. The van der Waals surface area contributed by atoms with Gasteiger partial charge in [0.25, 0.3) is 5.91 Å². The fraction of sp³-hybridized carbons (Fsp3) is 0.130. The van der Waals surface area contributed by atoms with Crippen molar-refractivity contribution < 1.29 is 14.3 Å². The maximum atomic E-state index is 12.1. The normalized spacial score (nSPS) is 10.7. The predicted octanol–water partition coefficient (Wildman–Crippen LogP) is 3.93. The number of anilines is 1. The van der Waals surface area contributed by atoms with Gasteiger partial charge in [-0.2, -0.15) is 5.10 Å². The number of nitrogen functional groups attached to an aromatic ring is 1. The van der Waals surface area contributed by atoms with E-state index >= 15 is 0 Å². The van der Waals surface area contributed by atoms with Crippen molar-refractivity contribution in [2.24, 2.45) is 5.10 Å². The lowest BCUT2D eigenvalue weighted by molar-refractivity contribution is 0.0956. The molecule has 0 aromatic heterocycles. The number of hydrogen-bond acceptors (Lipinski definition) is 5. The molecule has 1 amide bonds. The Morgan fingerprint density at radius 3 is 2.55 bits per heavy atom. The summed E-state index contributed by atoms with van der Waals surface area (Å²) in [6, 6.07) is 20.4. The molecular weight excluding hydrogens is 366 g/mol. The lowest BCUT2D eigenvalue weighted by Crippen LogP contribution is -2.19. The lowest BCUT2D eigenvalue weighted by Gasteiger charge is -2.11. The van der Waals surface area contributed by atoms with Crippen LogP contribution in [0.4, 0.5) is 5.69 Å². The molecule has 3 aromatic carbocycles. The van der Waals surface area contributed by atoms with Crippen LogP contribution in [0, 0.1) is 6.92 Å². The molecule has 0 unspecified atom stereocenters. The van der Waals surface area contributed by atoms with Crippen LogP contribution >= 0.6 is 0 Å². The van der Waals surface area contributed by atoms with Gasteiger partial charge >= 0.3 is 0 Å². The Morgan fingerprint density at radius 2 is 1.83 bits per heavy atom. The molecule has 6 nitrogen and oxygen atoms in total. The summed E-state index contributed by atoms with van der Waals surface area (Å²) in [4.78, 5) is 12.1. The van der Waals surface area contributed by atoms with Gasteiger partial charge in [0, 0.05) is 5.69 Å². The SMILES string of the molecule is COc1cc(/C=N/NC(=O)c2ccccc2N)ccc1OCc1ccc(C)cc1. The second kappa shape index (κ2) is 9.41. The Labute approximate surface area is 170 Å². The number of amides is 1. The van der Waals surface area contributed by atoms with Gasteiger partial charge in [0.15, 0.2) is 11.5 Å². The summed E-state index contributed by atoms with van der Waals surface area (Å²) >= 11 is 0. The molecule has 0 saturated carbocycles. The molecule has 0 aliphatic heterocycles. The summed E-state index contributed by atoms with van der Waals surface area (Å²) < 4.78 is 11.3. The van der Waals surface area contributed by atoms with Crippen LogP contribution in [0.3, 0.4) is 0 Å². The van der Waals surface area contributed by atoms with Crippen molar-refractivity contribution in [2.45, 2.75) is 13.5 Å². The predicted molar refractivity (Wildman–Crippen MR) is 114 cm³/mol. The molecule has 3 rings (SSSR count). The number of hydrazone groups is 1. The molecule has 0 saturated heterocycles. The summed E-state index contributed by atoms with van der Waals surface area (Å²) in [7, 11) is 1.58. The van der Waals surface area contributed by atoms with Crippen molar-refractivity contribution in [1.29, 1.82) is 0 Å². The maximum Gasteiger partial charge on any atom is 0.273 e. The topological polar surface area (TPSA) is 85.9 Å². The van der Waals surface area contributed by atoms with E-state index in [0.29, 0.717) is 29.4 Å². The van der Waals surface area contributed by atoms with Gasteiger partial charge in [-0.3, -0.25) is 4.79 Å². The zero-order valence-corrected chi connectivity index (χ0v) is 16.4. The summed E-state index contributed by atoms with van der Waals surface area (Å²) in [5, 5.41) is 3.99. The molecule has 0 bridgehead atoms. The van der Waals surface area contributed by atoms with Crippen molar-refractivity contribution in [2.75, 3.05) is 12.8 Å². The maximum absolute atomic E-state index is 12.1. The smallest absolute Gasteiger partial charge is 0.273 e. The fourth-order valence-electron chi connectivity index (χ4n) is 2.66. The van der Waals surface area contributed by atoms with Crippen molar-refractivity contribution in [3.8, 4) is 11.5 Å². The molecule has 3 N–H and O–H groups in total. The zero-order valence-electron chi connectivity index (χ0n) is 16.4. The van der Waals surface area contributed by atoms with E-state index in [1.165, 1.54) is 11.8 Å². The van der Waals surface area contributed by atoms with Crippen LogP contribution in [-0.2, 0) is 6.61 Å². The van der Waals surface area contributed by atoms with Gasteiger partial charge < -0.3 is 15.2 Å². The number of ether oxygens (including phenoxy) is 2. The Morgan fingerprint density at radius 1 is 1.07 bits per heavy atom.